The maximum absolute atomic E-state index is 10.7. The normalized spacial score (nSPS) is 12.5. The van der Waals surface area contributed by atoms with Gasteiger partial charge in [-0.1, -0.05) is 62.5 Å². The number of benzene rings is 1. The molecule has 0 fully saturated rings. The SMILES string of the molecule is CC(C)(CC=O)[Si](C)(C)c1ccccc1. The second kappa shape index (κ2) is 4.31. The molecule has 0 bridgehead atoms. The summed E-state index contributed by atoms with van der Waals surface area (Å²) in [4.78, 5) is 10.7. The van der Waals surface area contributed by atoms with Crippen LogP contribution < -0.4 is 5.19 Å². The van der Waals surface area contributed by atoms with E-state index in [9.17, 15) is 4.79 Å². The standard InChI is InChI=1S/C13H20OSi/c1-13(2,10-11-14)15(3,4)12-8-6-5-7-9-12/h5-9,11H,10H2,1-4H3. The molecule has 0 saturated heterocycles. The van der Waals surface area contributed by atoms with Gasteiger partial charge < -0.3 is 4.79 Å². The van der Waals surface area contributed by atoms with Crippen molar-refractivity contribution >= 4 is 19.5 Å². The Balaban J connectivity index is 3.06. The van der Waals surface area contributed by atoms with Gasteiger partial charge in [-0.25, -0.2) is 0 Å². The second-order valence-corrected chi connectivity index (χ2v) is 10.4. The molecule has 0 atom stereocenters. The molecule has 0 aliphatic heterocycles. The van der Waals surface area contributed by atoms with Crippen molar-refractivity contribution in [1.29, 1.82) is 0 Å². The van der Waals surface area contributed by atoms with E-state index in [1.165, 1.54) is 5.19 Å². The Morgan fingerprint density at radius 3 is 2.20 bits per heavy atom. The van der Waals surface area contributed by atoms with Crippen LogP contribution in [0, 0.1) is 0 Å². The number of hydrogen-bond acceptors (Lipinski definition) is 1. The fourth-order valence-corrected chi connectivity index (χ4v) is 4.11. The van der Waals surface area contributed by atoms with E-state index in [0.29, 0.717) is 6.42 Å². The second-order valence-electron chi connectivity index (χ2n) is 5.25. The van der Waals surface area contributed by atoms with E-state index in [2.05, 4.69) is 51.2 Å². The minimum absolute atomic E-state index is 0.121. The summed E-state index contributed by atoms with van der Waals surface area (Å²) in [6.07, 6.45) is 1.71. The molecular formula is C13H20OSi. The quantitative estimate of drug-likeness (QED) is 0.563. The predicted octanol–water partition coefficient (Wildman–Crippen LogP) is 2.97. The molecule has 82 valence electrons. The Kier molecular flexibility index (Phi) is 3.50. The lowest BCUT2D eigenvalue weighted by atomic mass is 10.1. The summed E-state index contributed by atoms with van der Waals surface area (Å²) in [6, 6.07) is 10.6. The molecule has 0 radical (unpaired) electrons. The van der Waals surface area contributed by atoms with Gasteiger partial charge in [0.2, 0.25) is 0 Å². The van der Waals surface area contributed by atoms with Gasteiger partial charge in [-0.2, -0.15) is 0 Å². The first-order chi connectivity index (χ1) is 6.92. The van der Waals surface area contributed by atoms with Gasteiger partial charge in [0.1, 0.15) is 6.29 Å². The number of carbonyl (C=O) groups excluding carboxylic acids is 1. The molecule has 1 aromatic carbocycles. The lowest BCUT2D eigenvalue weighted by Crippen LogP contribution is -2.50. The molecule has 15 heavy (non-hydrogen) atoms. The van der Waals surface area contributed by atoms with Gasteiger partial charge in [0, 0.05) is 6.42 Å². The average Bonchev–Trinajstić information content (AvgIpc) is 2.19. The number of hydrogen-bond donors (Lipinski definition) is 0. The predicted molar refractivity (Wildman–Crippen MR) is 68.3 cm³/mol. The van der Waals surface area contributed by atoms with Crippen LogP contribution in [0.2, 0.25) is 18.1 Å². The molecule has 0 N–H and O–H groups in total. The largest absolute Gasteiger partial charge is 0.303 e. The highest BCUT2D eigenvalue weighted by molar-refractivity contribution is 6.92. The maximum atomic E-state index is 10.7. The highest BCUT2D eigenvalue weighted by Gasteiger charge is 2.39. The summed E-state index contributed by atoms with van der Waals surface area (Å²) in [5.41, 5.74) is 0. The maximum Gasteiger partial charge on any atom is 0.120 e. The van der Waals surface area contributed by atoms with Crippen molar-refractivity contribution in [2.24, 2.45) is 0 Å². The Morgan fingerprint density at radius 2 is 1.73 bits per heavy atom. The van der Waals surface area contributed by atoms with Crippen LogP contribution in [-0.2, 0) is 4.79 Å². The van der Waals surface area contributed by atoms with Crippen molar-refractivity contribution in [3.05, 3.63) is 30.3 Å². The average molecular weight is 220 g/mol. The number of rotatable bonds is 4. The van der Waals surface area contributed by atoms with Crippen LogP contribution in [0.15, 0.2) is 30.3 Å². The number of carbonyl (C=O) groups is 1. The molecule has 0 amide bonds. The van der Waals surface area contributed by atoms with Crippen molar-refractivity contribution in [2.75, 3.05) is 0 Å². The van der Waals surface area contributed by atoms with Crippen molar-refractivity contribution in [3.8, 4) is 0 Å². The van der Waals surface area contributed by atoms with Crippen LogP contribution in [0.4, 0.5) is 0 Å². The van der Waals surface area contributed by atoms with Crippen molar-refractivity contribution in [3.63, 3.8) is 0 Å². The van der Waals surface area contributed by atoms with Crippen molar-refractivity contribution in [1.82, 2.24) is 0 Å². The van der Waals surface area contributed by atoms with Gasteiger partial charge in [-0.05, 0) is 5.04 Å². The molecule has 1 nitrogen and oxygen atoms in total. The van der Waals surface area contributed by atoms with Gasteiger partial charge in [-0.3, -0.25) is 0 Å². The van der Waals surface area contributed by atoms with Crippen LogP contribution in [0.25, 0.3) is 0 Å². The zero-order valence-electron chi connectivity index (χ0n) is 10.1. The smallest absolute Gasteiger partial charge is 0.120 e. The van der Waals surface area contributed by atoms with Crippen molar-refractivity contribution < 1.29 is 4.79 Å². The Labute approximate surface area is 93.5 Å². The van der Waals surface area contributed by atoms with E-state index < -0.39 is 8.07 Å². The van der Waals surface area contributed by atoms with Crippen LogP contribution in [0.3, 0.4) is 0 Å². The summed E-state index contributed by atoms with van der Waals surface area (Å²) in [5, 5.41) is 1.55. The van der Waals surface area contributed by atoms with Crippen LogP contribution >= 0.6 is 0 Å². The highest BCUT2D eigenvalue weighted by atomic mass is 28.3. The first-order valence-electron chi connectivity index (χ1n) is 5.41. The van der Waals surface area contributed by atoms with Gasteiger partial charge in [0.05, 0.1) is 8.07 Å². The van der Waals surface area contributed by atoms with Crippen LogP contribution in [0.5, 0.6) is 0 Å². The third-order valence-corrected chi connectivity index (χ3v) is 9.15. The third-order valence-electron chi connectivity index (χ3n) is 3.78. The van der Waals surface area contributed by atoms with Crippen molar-refractivity contribution in [2.45, 2.75) is 38.4 Å². The van der Waals surface area contributed by atoms with E-state index in [-0.39, 0.29) is 5.04 Å². The van der Waals surface area contributed by atoms with Gasteiger partial charge in [-0.15, -0.1) is 0 Å². The molecule has 0 aromatic heterocycles. The highest BCUT2D eigenvalue weighted by Crippen LogP contribution is 2.39. The Morgan fingerprint density at radius 1 is 1.20 bits per heavy atom. The topological polar surface area (TPSA) is 17.1 Å². The van der Waals surface area contributed by atoms with E-state index in [4.69, 9.17) is 0 Å². The molecule has 0 heterocycles. The summed E-state index contributed by atoms with van der Waals surface area (Å²) in [7, 11) is -1.56. The van der Waals surface area contributed by atoms with Gasteiger partial charge in [0.15, 0.2) is 0 Å². The molecule has 0 aliphatic rings. The summed E-state index contributed by atoms with van der Waals surface area (Å²) in [5.74, 6) is 0. The third kappa shape index (κ3) is 2.37. The molecule has 0 unspecified atom stereocenters. The Hall–Kier alpha value is -0.893. The molecule has 1 rings (SSSR count). The first kappa shape index (κ1) is 12.2. The number of aldehydes is 1. The lowest BCUT2D eigenvalue weighted by Gasteiger charge is -2.39. The fraction of sp³-hybridized carbons (Fsp3) is 0.462. The minimum atomic E-state index is -1.56. The van der Waals surface area contributed by atoms with Crippen LogP contribution in [0.1, 0.15) is 20.3 Å². The van der Waals surface area contributed by atoms with Crippen LogP contribution in [-0.4, -0.2) is 14.4 Å². The molecule has 0 saturated carbocycles. The monoisotopic (exact) mass is 220 g/mol. The molecule has 2 heteroatoms. The first-order valence-corrected chi connectivity index (χ1v) is 8.41. The van der Waals surface area contributed by atoms with E-state index in [0.717, 1.165) is 6.29 Å². The zero-order chi connectivity index (χ0) is 11.5. The lowest BCUT2D eigenvalue weighted by molar-refractivity contribution is -0.108. The van der Waals surface area contributed by atoms with Gasteiger partial charge in [0.25, 0.3) is 0 Å². The van der Waals surface area contributed by atoms with E-state index in [1.807, 2.05) is 6.07 Å². The summed E-state index contributed by atoms with van der Waals surface area (Å²) in [6.45, 7) is 9.10. The molecule has 1 aromatic rings. The molecule has 0 spiro atoms. The zero-order valence-corrected chi connectivity index (χ0v) is 11.1. The van der Waals surface area contributed by atoms with E-state index in [1.54, 1.807) is 0 Å². The summed E-state index contributed by atoms with van der Waals surface area (Å²) < 4.78 is 0. The van der Waals surface area contributed by atoms with E-state index >= 15 is 0 Å². The Bertz CT molecular complexity index is 328. The molecule has 0 aliphatic carbocycles. The molecular weight excluding hydrogens is 200 g/mol. The van der Waals surface area contributed by atoms with Gasteiger partial charge >= 0.3 is 0 Å². The minimum Gasteiger partial charge on any atom is -0.303 e. The fourth-order valence-electron chi connectivity index (χ4n) is 1.71. The summed E-state index contributed by atoms with van der Waals surface area (Å²) >= 11 is 0.